The van der Waals surface area contributed by atoms with E-state index in [1.165, 1.54) is 5.56 Å². The van der Waals surface area contributed by atoms with Crippen molar-refractivity contribution in [2.45, 2.75) is 44.7 Å². The maximum Gasteiger partial charge on any atom is 0.257 e. The summed E-state index contributed by atoms with van der Waals surface area (Å²) in [5.74, 6) is 1.44. The summed E-state index contributed by atoms with van der Waals surface area (Å²) in [6.45, 7) is 8.81. The van der Waals surface area contributed by atoms with Gasteiger partial charge in [0, 0.05) is 55.5 Å². The lowest BCUT2D eigenvalue weighted by molar-refractivity contribution is 0.0564. The van der Waals surface area contributed by atoms with Gasteiger partial charge >= 0.3 is 0 Å². The third-order valence-corrected chi connectivity index (χ3v) is 9.68. The predicted octanol–water partition coefficient (Wildman–Crippen LogP) is 5.84. The highest BCUT2D eigenvalue weighted by Crippen LogP contribution is 2.36. The van der Waals surface area contributed by atoms with E-state index < -0.39 is 0 Å². The smallest absolute Gasteiger partial charge is 0.257 e. The first-order chi connectivity index (χ1) is 20.3. The Morgan fingerprint density at radius 3 is 2.52 bits per heavy atom. The maximum absolute atomic E-state index is 14.4. The van der Waals surface area contributed by atoms with E-state index in [9.17, 15) is 9.59 Å². The Morgan fingerprint density at radius 1 is 0.929 bits per heavy atom. The number of hydrogen-bond acceptors (Lipinski definition) is 5. The summed E-state index contributed by atoms with van der Waals surface area (Å²) in [5.41, 5.74) is 3.73. The van der Waals surface area contributed by atoms with Crippen LogP contribution in [0.4, 0.5) is 5.82 Å². The lowest BCUT2D eigenvalue weighted by atomic mass is 9.91. The van der Waals surface area contributed by atoms with Crippen LogP contribution in [0, 0.1) is 5.92 Å². The molecule has 0 saturated carbocycles. The molecular formula is C34H40BrN5O2. The minimum Gasteiger partial charge on any atom is -0.346 e. The molecular weight excluding hydrogens is 590 g/mol. The number of piperidine rings is 1. The van der Waals surface area contributed by atoms with Crippen LogP contribution in [-0.2, 0) is 0 Å². The van der Waals surface area contributed by atoms with Gasteiger partial charge in [0.2, 0.25) is 0 Å². The number of rotatable bonds is 5. The van der Waals surface area contributed by atoms with Crippen molar-refractivity contribution < 1.29 is 9.59 Å². The third kappa shape index (κ3) is 5.71. The summed E-state index contributed by atoms with van der Waals surface area (Å²) in [6.07, 6.45) is 3.77. The predicted molar refractivity (Wildman–Crippen MR) is 170 cm³/mol. The first-order valence-corrected chi connectivity index (χ1v) is 16.0. The fraction of sp³-hybridized carbons (Fsp3) is 0.441. The highest BCUT2D eigenvalue weighted by atomic mass is 79.9. The molecule has 7 nitrogen and oxygen atoms in total. The average molecular weight is 631 g/mol. The molecule has 0 bridgehead atoms. The maximum atomic E-state index is 14.4. The molecule has 3 atom stereocenters. The summed E-state index contributed by atoms with van der Waals surface area (Å²) >= 11 is 3.60. The number of benzene rings is 2. The first-order valence-electron chi connectivity index (χ1n) is 15.2. The van der Waals surface area contributed by atoms with Gasteiger partial charge in [0.1, 0.15) is 5.82 Å². The van der Waals surface area contributed by atoms with Gasteiger partial charge in [-0.05, 0) is 73.2 Å². The lowest BCUT2D eigenvalue weighted by Crippen LogP contribution is -2.50. The van der Waals surface area contributed by atoms with Crippen LogP contribution in [0.1, 0.15) is 70.5 Å². The molecule has 3 aliphatic rings. The van der Waals surface area contributed by atoms with E-state index in [1.54, 1.807) is 6.20 Å². The van der Waals surface area contributed by atoms with Gasteiger partial charge in [0.05, 0.1) is 17.6 Å². The van der Waals surface area contributed by atoms with Crippen LogP contribution in [0.15, 0.2) is 71.3 Å². The Bertz CT molecular complexity index is 1450. The van der Waals surface area contributed by atoms with Crippen LogP contribution in [0.3, 0.4) is 0 Å². The summed E-state index contributed by atoms with van der Waals surface area (Å²) < 4.78 is 0.923. The van der Waals surface area contributed by atoms with Crippen LogP contribution in [0.5, 0.6) is 0 Å². The number of carbonyl (C=O) groups is 2. The molecule has 4 heterocycles. The van der Waals surface area contributed by atoms with Gasteiger partial charge in [-0.3, -0.25) is 9.59 Å². The quantitative estimate of drug-likeness (QED) is 0.355. The molecule has 3 fully saturated rings. The summed E-state index contributed by atoms with van der Waals surface area (Å²) in [5, 5.41) is 0. The van der Waals surface area contributed by atoms with E-state index in [0.29, 0.717) is 36.7 Å². The summed E-state index contributed by atoms with van der Waals surface area (Å²) in [7, 11) is 2.15. The molecule has 8 heteroatoms. The first kappa shape index (κ1) is 28.9. The molecule has 3 saturated heterocycles. The fourth-order valence-electron chi connectivity index (χ4n) is 6.93. The van der Waals surface area contributed by atoms with Gasteiger partial charge in [-0.25, -0.2) is 4.98 Å². The van der Waals surface area contributed by atoms with Crippen LogP contribution in [0.25, 0.3) is 0 Å². The number of likely N-dealkylation sites (tertiary alicyclic amines) is 2. The van der Waals surface area contributed by atoms with Crippen molar-refractivity contribution in [3.05, 3.63) is 93.6 Å². The Balaban J connectivity index is 1.26. The number of nitrogens with zero attached hydrogens (tertiary/aromatic N) is 5. The van der Waals surface area contributed by atoms with Crippen LogP contribution in [0.2, 0.25) is 0 Å². The van der Waals surface area contributed by atoms with Crippen molar-refractivity contribution in [3.8, 4) is 0 Å². The molecule has 0 aliphatic carbocycles. The molecule has 3 aliphatic heterocycles. The second-order valence-electron chi connectivity index (χ2n) is 12.4. The minimum atomic E-state index is 0.0115. The zero-order chi connectivity index (χ0) is 29.4. The van der Waals surface area contributed by atoms with Gasteiger partial charge in [0.15, 0.2) is 0 Å². The molecule has 0 radical (unpaired) electrons. The Kier molecular flexibility index (Phi) is 8.37. The van der Waals surface area contributed by atoms with Gasteiger partial charge in [-0.2, -0.15) is 0 Å². The van der Waals surface area contributed by atoms with Crippen LogP contribution >= 0.6 is 15.9 Å². The molecule has 0 spiro atoms. The molecule has 1 aromatic heterocycles. The van der Waals surface area contributed by atoms with Gasteiger partial charge < -0.3 is 19.6 Å². The van der Waals surface area contributed by atoms with Crippen molar-refractivity contribution in [3.63, 3.8) is 0 Å². The Labute approximate surface area is 257 Å². The molecule has 6 rings (SSSR count). The van der Waals surface area contributed by atoms with E-state index in [1.807, 2.05) is 40.1 Å². The van der Waals surface area contributed by atoms with E-state index in [4.69, 9.17) is 4.98 Å². The fourth-order valence-corrected chi connectivity index (χ4v) is 7.44. The number of hydrogen-bond donors (Lipinski definition) is 0. The molecule has 0 N–H and O–H groups in total. The van der Waals surface area contributed by atoms with Crippen molar-refractivity contribution >= 4 is 33.6 Å². The highest BCUT2D eigenvalue weighted by Gasteiger charge is 2.44. The van der Waals surface area contributed by atoms with Gasteiger partial charge in [0.25, 0.3) is 11.8 Å². The molecule has 1 unspecified atom stereocenters. The lowest BCUT2D eigenvalue weighted by Gasteiger charge is -2.42. The zero-order valence-corrected chi connectivity index (χ0v) is 26.3. The molecule has 2 amide bonds. The largest absolute Gasteiger partial charge is 0.346 e. The van der Waals surface area contributed by atoms with E-state index in [0.717, 1.165) is 48.3 Å². The number of fused-ring (bicyclic) bond motifs is 1. The van der Waals surface area contributed by atoms with Gasteiger partial charge in [-0.15, -0.1) is 0 Å². The number of pyridine rings is 1. The zero-order valence-electron chi connectivity index (χ0n) is 24.7. The van der Waals surface area contributed by atoms with Crippen molar-refractivity contribution in [2.24, 2.45) is 5.92 Å². The third-order valence-electron chi connectivity index (χ3n) is 9.22. The molecule has 2 aromatic carbocycles. The number of likely N-dealkylation sites (N-methyl/N-ethyl adjacent to an activating group) is 1. The van der Waals surface area contributed by atoms with Crippen molar-refractivity contribution in [1.29, 1.82) is 0 Å². The van der Waals surface area contributed by atoms with Crippen molar-refractivity contribution in [1.82, 2.24) is 19.7 Å². The molecule has 220 valence electrons. The SMILES string of the molecule is CC(C)c1cc(Br)cc(C(=O)N2C[C@H]3CCCN(C(=O)c4cccnc4N4CCN(C)CC4c4ccccc4)[C@H]3C2)c1. The standard InChI is InChI=1S/C34H40BrN5O2/c1-23(2)26-17-27(19-28(35)18-26)33(41)38-20-25-11-8-14-40(31(25)22-38)34(42)29-12-7-13-36-32(29)39-16-15-37(3)21-30(39)24-9-5-4-6-10-24/h4-7,9-10,12-13,17-19,23,25,30-31H,8,11,14-16,20-22H2,1-3H3/t25-,30?,31+/m1/s1. The normalized spacial score (nSPS) is 22.9. The molecule has 42 heavy (non-hydrogen) atoms. The monoisotopic (exact) mass is 629 g/mol. The second-order valence-corrected chi connectivity index (χ2v) is 13.3. The van der Waals surface area contributed by atoms with Crippen LogP contribution in [-0.4, -0.2) is 83.9 Å². The topological polar surface area (TPSA) is 60.0 Å². The number of halogens is 1. The number of carbonyl (C=O) groups excluding carboxylic acids is 2. The number of piperazine rings is 1. The number of aromatic nitrogens is 1. The Morgan fingerprint density at radius 2 is 1.74 bits per heavy atom. The highest BCUT2D eigenvalue weighted by molar-refractivity contribution is 9.10. The second kappa shape index (κ2) is 12.2. The van der Waals surface area contributed by atoms with E-state index >= 15 is 0 Å². The minimum absolute atomic E-state index is 0.0115. The number of anilines is 1. The van der Waals surface area contributed by atoms with E-state index in [2.05, 4.69) is 77.0 Å². The number of amides is 2. The summed E-state index contributed by atoms with van der Waals surface area (Å²) in [4.78, 5) is 41.5. The Hall–Kier alpha value is -3.23. The van der Waals surface area contributed by atoms with E-state index in [-0.39, 0.29) is 29.8 Å². The average Bonchev–Trinajstić information content (AvgIpc) is 3.45. The van der Waals surface area contributed by atoms with Gasteiger partial charge in [-0.1, -0.05) is 60.1 Å². The molecule has 3 aromatic rings. The van der Waals surface area contributed by atoms with Crippen LogP contribution < -0.4 is 4.90 Å². The summed E-state index contributed by atoms with van der Waals surface area (Å²) in [6, 6.07) is 20.5. The van der Waals surface area contributed by atoms with Crippen molar-refractivity contribution in [2.75, 3.05) is 51.2 Å².